The van der Waals surface area contributed by atoms with Gasteiger partial charge >= 0.3 is 5.97 Å². The number of carbonyl (C=O) groups is 1. The fourth-order valence-electron chi connectivity index (χ4n) is 2.57. The maximum absolute atomic E-state index is 11.8. The molecular weight excluding hydrogens is 292 g/mol. The van der Waals surface area contributed by atoms with Gasteiger partial charge in [0.25, 0.3) is 0 Å². The lowest BCUT2D eigenvalue weighted by molar-refractivity contribution is 0.0595. The Morgan fingerprint density at radius 2 is 1.96 bits per heavy atom. The second-order valence-corrected chi connectivity index (χ2v) is 5.08. The van der Waals surface area contributed by atoms with Gasteiger partial charge in [0.1, 0.15) is 18.1 Å². The maximum atomic E-state index is 11.8. The van der Waals surface area contributed by atoms with Gasteiger partial charge in [0.15, 0.2) is 0 Å². The molecule has 0 radical (unpaired) electrons. The van der Waals surface area contributed by atoms with Crippen LogP contribution in [0.4, 0.5) is 0 Å². The van der Waals surface area contributed by atoms with E-state index in [-0.39, 0.29) is 0 Å². The van der Waals surface area contributed by atoms with Gasteiger partial charge in [-0.05, 0) is 23.8 Å². The predicted octanol–water partition coefficient (Wildman–Crippen LogP) is 2.96. The highest BCUT2D eigenvalue weighted by Gasteiger charge is 2.16. The highest BCUT2D eigenvalue weighted by Crippen LogP contribution is 2.35. The Bertz CT molecular complexity index is 825. The third-order valence-corrected chi connectivity index (χ3v) is 3.62. The molecule has 1 aromatic heterocycles. The summed E-state index contributed by atoms with van der Waals surface area (Å²) in [5, 5.41) is 0.834. The van der Waals surface area contributed by atoms with Crippen LogP contribution in [0.25, 0.3) is 22.0 Å². The molecule has 3 N–H and O–H groups in total. The zero-order valence-electron chi connectivity index (χ0n) is 12.8. The lowest BCUT2D eigenvalue weighted by Crippen LogP contribution is -2.10. The molecule has 2 aromatic carbocycles. The van der Waals surface area contributed by atoms with Crippen molar-refractivity contribution in [1.82, 2.24) is 4.98 Å². The highest BCUT2D eigenvalue weighted by atomic mass is 16.5. The normalized spacial score (nSPS) is 10.7. The number of benzene rings is 2. The summed E-state index contributed by atoms with van der Waals surface area (Å²) < 4.78 is 10.5. The zero-order valence-corrected chi connectivity index (χ0v) is 12.8. The molecule has 23 heavy (non-hydrogen) atoms. The molecule has 0 aliphatic carbocycles. The van der Waals surface area contributed by atoms with Gasteiger partial charge in [0, 0.05) is 17.5 Å². The minimum atomic E-state index is -0.412. The summed E-state index contributed by atoms with van der Waals surface area (Å²) in [5.41, 5.74) is 8.79. The van der Waals surface area contributed by atoms with E-state index in [0.717, 1.165) is 22.0 Å². The van der Waals surface area contributed by atoms with E-state index in [9.17, 15) is 4.79 Å². The summed E-state index contributed by atoms with van der Waals surface area (Å²) in [6.07, 6.45) is 0. The number of nitrogens with two attached hydrogens (primary N) is 1. The van der Waals surface area contributed by atoms with E-state index in [0.29, 0.717) is 24.6 Å². The minimum Gasteiger partial charge on any atom is -0.492 e. The third-order valence-electron chi connectivity index (χ3n) is 3.62. The number of methoxy groups -OCH3 is 1. The van der Waals surface area contributed by atoms with Crippen LogP contribution in [-0.2, 0) is 4.74 Å². The van der Waals surface area contributed by atoms with E-state index >= 15 is 0 Å². The van der Waals surface area contributed by atoms with E-state index in [1.807, 2.05) is 42.5 Å². The molecule has 3 aromatic rings. The Morgan fingerprint density at radius 1 is 1.17 bits per heavy atom. The van der Waals surface area contributed by atoms with Crippen molar-refractivity contribution in [3.8, 4) is 16.9 Å². The first-order valence-corrected chi connectivity index (χ1v) is 7.37. The first-order chi connectivity index (χ1) is 11.2. The number of hydrogen-bond acceptors (Lipinski definition) is 4. The van der Waals surface area contributed by atoms with Crippen LogP contribution in [0.1, 0.15) is 10.5 Å². The molecule has 3 rings (SSSR count). The van der Waals surface area contributed by atoms with Crippen molar-refractivity contribution >= 4 is 16.9 Å². The monoisotopic (exact) mass is 310 g/mol. The zero-order chi connectivity index (χ0) is 16.2. The van der Waals surface area contributed by atoms with Crippen molar-refractivity contribution in [3.05, 3.63) is 54.2 Å². The van der Waals surface area contributed by atoms with Crippen molar-refractivity contribution in [2.75, 3.05) is 20.3 Å². The fourth-order valence-corrected chi connectivity index (χ4v) is 2.57. The van der Waals surface area contributed by atoms with Crippen molar-refractivity contribution < 1.29 is 14.3 Å². The van der Waals surface area contributed by atoms with E-state index in [2.05, 4.69) is 4.98 Å². The fraction of sp³-hybridized carbons (Fsp3) is 0.167. The molecule has 0 bridgehead atoms. The Morgan fingerprint density at radius 3 is 2.65 bits per heavy atom. The third kappa shape index (κ3) is 2.91. The number of esters is 1. The maximum Gasteiger partial charge on any atom is 0.354 e. The smallest absolute Gasteiger partial charge is 0.354 e. The second kappa shape index (κ2) is 6.54. The SMILES string of the molecule is COC(=O)c1cc2c(OCCN)ccc(-c3ccccc3)c2[nH]1. The lowest BCUT2D eigenvalue weighted by Gasteiger charge is -2.09. The average Bonchev–Trinajstić information content (AvgIpc) is 3.05. The minimum absolute atomic E-state index is 0.392. The molecule has 0 spiro atoms. The van der Waals surface area contributed by atoms with Crippen LogP contribution in [0.15, 0.2) is 48.5 Å². The molecule has 5 nitrogen and oxygen atoms in total. The number of nitrogens with one attached hydrogen (secondary N) is 1. The largest absolute Gasteiger partial charge is 0.492 e. The lowest BCUT2D eigenvalue weighted by atomic mass is 10.0. The second-order valence-electron chi connectivity index (χ2n) is 5.08. The van der Waals surface area contributed by atoms with Gasteiger partial charge in [-0.3, -0.25) is 0 Å². The standard InChI is InChI=1S/C18H18N2O3/c1-22-18(21)15-11-14-16(23-10-9-19)8-7-13(17(14)20-15)12-5-3-2-4-6-12/h2-8,11,20H,9-10,19H2,1H3. The Kier molecular flexibility index (Phi) is 4.30. The van der Waals surface area contributed by atoms with E-state index < -0.39 is 5.97 Å². The summed E-state index contributed by atoms with van der Waals surface area (Å²) >= 11 is 0. The van der Waals surface area contributed by atoms with Crippen molar-refractivity contribution in [3.63, 3.8) is 0 Å². The molecule has 0 saturated heterocycles. The number of hydrogen-bond donors (Lipinski definition) is 2. The predicted molar refractivity (Wildman–Crippen MR) is 89.6 cm³/mol. The highest BCUT2D eigenvalue weighted by molar-refractivity contribution is 6.03. The van der Waals surface area contributed by atoms with Gasteiger partial charge < -0.3 is 20.2 Å². The van der Waals surface area contributed by atoms with Gasteiger partial charge in [-0.25, -0.2) is 4.79 Å². The van der Waals surface area contributed by atoms with Crippen molar-refractivity contribution in [2.24, 2.45) is 5.73 Å². The molecule has 118 valence electrons. The summed E-state index contributed by atoms with van der Waals surface area (Å²) in [7, 11) is 1.36. The van der Waals surface area contributed by atoms with Gasteiger partial charge in [-0.15, -0.1) is 0 Å². The first kappa shape index (κ1) is 15.1. The number of aromatic amines is 1. The van der Waals surface area contributed by atoms with Gasteiger partial charge in [0.2, 0.25) is 0 Å². The molecule has 0 atom stereocenters. The van der Waals surface area contributed by atoms with Gasteiger partial charge in [-0.2, -0.15) is 0 Å². The van der Waals surface area contributed by atoms with Crippen LogP contribution in [0.2, 0.25) is 0 Å². The number of ether oxygens (including phenoxy) is 2. The van der Waals surface area contributed by atoms with Crippen molar-refractivity contribution in [1.29, 1.82) is 0 Å². The molecular formula is C18H18N2O3. The molecule has 0 aliphatic rings. The van der Waals surface area contributed by atoms with Gasteiger partial charge in [-0.1, -0.05) is 30.3 Å². The molecule has 5 heteroatoms. The Hall–Kier alpha value is -2.79. The van der Waals surface area contributed by atoms with Gasteiger partial charge in [0.05, 0.1) is 12.6 Å². The number of aromatic nitrogens is 1. The molecule has 1 heterocycles. The van der Waals surface area contributed by atoms with Crippen molar-refractivity contribution in [2.45, 2.75) is 0 Å². The molecule has 0 fully saturated rings. The number of rotatable bonds is 5. The van der Waals surface area contributed by atoms with Crippen LogP contribution in [-0.4, -0.2) is 31.2 Å². The molecule has 0 aliphatic heterocycles. The summed E-state index contributed by atoms with van der Waals surface area (Å²) in [6.45, 7) is 0.842. The quantitative estimate of drug-likeness (QED) is 0.710. The van der Waals surface area contributed by atoms with Crippen LogP contribution < -0.4 is 10.5 Å². The molecule has 0 saturated carbocycles. The summed E-state index contributed by atoms with van der Waals surface area (Å²) in [4.78, 5) is 15.0. The summed E-state index contributed by atoms with van der Waals surface area (Å²) in [5.74, 6) is 0.279. The Labute approximate surface area is 134 Å². The van der Waals surface area contributed by atoms with E-state index in [1.165, 1.54) is 7.11 Å². The molecule has 0 unspecified atom stereocenters. The van der Waals surface area contributed by atoms with Crippen LogP contribution >= 0.6 is 0 Å². The number of carbonyl (C=O) groups excluding carboxylic acids is 1. The van der Waals surface area contributed by atoms with E-state index in [1.54, 1.807) is 6.07 Å². The molecule has 0 amide bonds. The van der Waals surface area contributed by atoms with Crippen LogP contribution in [0.3, 0.4) is 0 Å². The Balaban J connectivity index is 2.18. The topological polar surface area (TPSA) is 77.3 Å². The van der Waals surface area contributed by atoms with Crippen LogP contribution in [0.5, 0.6) is 5.75 Å². The first-order valence-electron chi connectivity index (χ1n) is 7.37. The summed E-state index contributed by atoms with van der Waals surface area (Å²) in [6, 6.07) is 15.6. The average molecular weight is 310 g/mol. The van der Waals surface area contributed by atoms with Crippen LogP contribution in [0, 0.1) is 0 Å². The number of fused-ring (bicyclic) bond motifs is 1. The number of H-pyrrole nitrogens is 1. The van der Waals surface area contributed by atoms with E-state index in [4.69, 9.17) is 15.2 Å².